The van der Waals surface area contributed by atoms with Gasteiger partial charge in [-0.15, -0.1) is 0 Å². The zero-order valence-electron chi connectivity index (χ0n) is 16.3. The van der Waals surface area contributed by atoms with Gasteiger partial charge in [-0.1, -0.05) is 0 Å². The largest absolute Gasteiger partial charge is 0.459 e. The highest BCUT2D eigenvalue weighted by Crippen LogP contribution is 2.52. The molecule has 0 fully saturated rings. The van der Waals surface area contributed by atoms with Crippen molar-refractivity contribution in [2.24, 2.45) is 0 Å². The highest BCUT2D eigenvalue weighted by atomic mass is 16.7. The minimum atomic E-state index is -0.833. The van der Waals surface area contributed by atoms with E-state index in [2.05, 4.69) is 0 Å². The second kappa shape index (κ2) is 6.29. The molecule has 1 amide bonds. The number of benzene rings is 2. The van der Waals surface area contributed by atoms with Crippen LogP contribution in [0.2, 0.25) is 0 Å². The summed E-state index contributed by atoms with van der Waals surface area (Å²) >= 11 is 0. The Hall–Kier alpha value is -3.42. The van der Waals surface area contributed by atoms with Crippen molar-refractivity contribution in [1.82, 2.24) is 4.90 Å². The molecular weight excluding hydrogens is 390 g/mol. The Morgan fingerprint density at radius 2 is 1.33 bits per heavy atom. The Kier molecular flexibility index (Phi) is 3.65. The van der Waals surface area contributed by atoms with Gasteiger partial charge in [-0.3, -0.25) is 4.79 Å². The standard InChI is InChI=1S/C22H19NO7/c1-2-26-22(25)21(24)23-15-3-11-5-17-19(29-9-27-17)7-13(11)16(23)4-12-6-18-20(8-14(12)15)30-10-28-18/h5-8,15-16H,2-4,9-10H2,1H3. The first-order valence-electron chi connectivity index (χ1n) is 9.98. The Labute approximate surface area is 172 Å². The summed E-state index contributed by atoms with van der Waals surface area (Å²) in [6.45, 7) is 2.20. The van der Waals surface area contributed by atoms with Crippen LogP contribution in [-0.4, -0.2) is 37.0 Å². The number of carbonyl (C=O) groups excluding carboxylic acids is 2. The van der Waals surface area contributed by atoms with Crippen molar-refractivity contribution >= 4 is 11.9 Å². The molecule has 2 bridgehead atoms. The first-order valence-corrected chi connectivity index (χ1v) is 9.98. The van der Waals surface area contributed by atoms with E-state index in [-0.39, 0.29) is 32.3 Å². The minimum absolute atomic E-state index is 0.151. The fourth-order valence-electron chi connectivity index (χ4n) is 4.90. The van der Waals surface area contributed by atoms with Crippen molar-refractivity contribution in [3.05, 3.63) is 46.5 Å². The lowest BCUT2D eigenvalue weighted by Crippen LogP contribution is -2.49. The average molecular weight is 409 g/mol. The number of fused-ring (bicyclic) bond motifs is 8. The van der Waals surface area contributed by atoms with E-state index in [9.17, 15) is 9.59 Å². The van der Waals surface area contributed by atoms with Crippen LogP contribution in [0, 0.1) is 0 Å². The molecule has 2 unspecified atom stereocenters. The molecule has 2 aromatic carbocycles. The zero-order chi connectivity index (χ0) is 20.4. The molecule has 0 aromatic heterocycles. The van der Waals surface area contributed by atoms with E-state index in [0.717, 1.165) is 22.3 Å². The van der Waals surface area contributed by atoms with Gasteiger partial charge in [-0.2, -0.15) is 0 Å². The van der Waals surface area contributed by atoms with Crippen LogP contribution in [0.1, 0.15) is 41.3 Å². The lowest BCUT2D eigenvalue weighted by atomic mass is 9.76. The predicted molar refractivity (Wildman–Crippen MR) is 101 cm³/mol. The Morgan fingerprint density at radius 1 is 0.867 bits per heavy atom. The monoisotopic (exact) mass is 409 g/mol. The fourth-order valence-corrected chi connectivity index (χ4v) is 4.90. The molecule has 2 atom stereocenters. The van der Waals surface area contributed by atoms with E-state index < -0.39 is 11.9 Å². The molecule has 0 radical (unpaired) electrons. The molecule has 0 aliphatic carbocycles. The Balaban J connectivity index is 1.50. The van der Waals surface area contributed by atoms with Crippen molar-refractivity contribution in [3.8, 4) is 23.0 Å². The van der Waals surface area contributed by atoms with Crippen molar-refractivity contribution in [2.75, 3.05) is 20.2 Å². The minimum Gasteiger partial charge on any atom is -0.459 e. The van der Waals surface area contributed by atoms with Crippen LogP contribution in [0.25, 0.3) is 0 Å². The molecule has 30 heavy (non-hydrogen) atoms. The van der Waals surface area contributed by atoms with Crippen molar-refractivity contribution < 1.29 is 33.3 Å². The van der Waals surface area contributed by atoms with Crippen molar-refractivity contribution in [3.63, 3.8) is 0 Å². The first kappa shape index (κ1) is 17.4. The van der Waals surface area contributed by atoms with Crippen LogP contribution >= 0.6 is 0 Å². The summed E-state index contributed by atoms with van der Waals surface area (Å²) in [7, 11) is 0. The molecule has 0 N–H and O–H groups in total. The number of esters is 1. The van der Waals surface area contributed by atoms with E-state index in [1.54, 1.807) is 11.8 Å². The van der Waals surface area contributed by atoms with Gasteiger partial charge >= 0.3 is 11.9 Å². The second-order valence-corrected chi connectivity index (χ2v) is 7.68. The van der Waals surface area contributed by atoms with Gasteiger partial charge in [-0.25, -0.2) is 4.79 Å². The number of amides is 1. The first-order chi connectivity index (χ1) is 14.6. The number of hydrogen-bond donors (Lipinski definition) is 0. The maximum absolute atomic E-state index is 13.1. The molecule has 154 valence electrons. The van der Waals surface area contributed by atoms with Gasteiger partial charge in [0.05, 0.1) is 18.7 Å². The summed E-state index contributed by atoms with van der Waals surface area (Å²) in [4.78, 5) is 27.2. The number of carbonyl (C=O) groups is 2. The van der Waals surface area contributed by atoms with Gasteiger partial charge in [0.15, 0.2) is 23.0 Å². The third-order valence-electron chi connectivity index (χ3n) is 6.17. The van der Waals surface area contributed by atoms with E-state index in [0.29, 0.717) is 35.8 Å². The van der Waals surface area contributed by atoms with Gasteiger partial charge in [0.25, 0.3) is 0 Å². The maximum atomic E-state index is 13.1. The average Bonchev–Trinajstić information content (AvgIpc) is 3.39. The van der Waals surface area contributed by atoms with E-state index >= 15 is 0 Å². The van der Waals surface area contributed by atoms with E-state index in [1.807, 2.05) is 24.3 Å². The summed E-state index contributed by atoms with van der Waals surface area (Å²) < 4.78 is 27.2. The quantitative estimate of drug-likeness (QED) is 0.528. The Bertz CT molecular complexity index is 1020. The molecule has 4 heterocycles. The smallest absolute Gasteiger partial charge is 0.397 e. The number of ether oxygens (including phenoxy) is 5. The van der Waals surface area contributed by atoms with Crippen molar-refractivity contribution in [1.29, 1.82) is 0 Å². The third kappa shape index (κ3) is 2.39. The molecule has 4 aliphatic heterocycles. The predicted octanol–water partition coefficient (Wildman–Crippen LogP) is 2.43. The summed E-state index contributed by atoms with van der Waals surface area (Å²) in [5.41, 5.74) is 4.11. The molecule has 0 saturated carbocycles. The highest BCUT2D eigenvalue weighted by molar-refractivity contribution is 6.32. The van der Waals surface area contributed by atoms with Crippen LogP contribution < -0.4 is 18.9 Å². The normalized spacial score (nSPS) is 21.7. The summed E-state index contributed by atoms with van der Waals surface area (Å²) in [6, 6.07) is 7.23. The molecule has 2 aromatic rings. The zero-order valence-corrected chi connectivity index (χ0v) is 16.3. The Morgan fingerprint density at radius 3 is 1.80 bits per heavy atom. The van der Waals surface area contributed by atoms with Gasteiger partial charge in [0.2, 0.25) is 13.6 Å². The van der Waals surface area contributed by atoms with Gasteiger partial charge < -0.3 is 28.6 Å². The highest BCUT2D eigenvalue weighted by Gasteiger charge is 2.46. The van der Waals surface area contributed by atoms with Gasteiger partial charge in [0.1, 0.15) is 0 Å². The van der Waals surface area contributed by atoms with Crippen LogP contribution in [0.3, 0.4) is 0 Å². The topological polar surface area (TPSA) is 83.5 Å². The van der Waals surface area contributed by atoms with E-state index in [1.165, 1.54) is 0 Å². The molecule has 8 heteroatoms. The number of hydrogen-bond acceptors (Lipinski definition) is 7. The SMILES string of the molecule is CCOC(=O)C(=O)N1C2Cc3cc4c(cc3C1Cc1cc3c(cc12)OCO3)OCO4. The van der Waals surface area contributed by atoms with Gasteiger partial charge in [-0.05, 0) is 66.3 Å². The summed E-state index contributed by atoms with van der Waals surface area (Å²) in [5, 5.41) is 0. The van der Waals surface area contributed by atoms with Gasteiger partial charge in [0, 0.05) is 0 Å². The fraction of sp³-hybridized carbons (Fsp3) is 0.364. The van der Waals surface area contributed by atoms with E-state index in [4.69, 9.17) is 23.7 Å². The van der Waals surface area contributed by atoms with Crippen LogP contribution in [0.4, 0.5) is 0 Å². The molecular formula is C22H19NO7. The lowest BCUT2D eigenvalue weighted by Gasteiger charge is -2.47. The van der Waals surface area contributed by atoms with Crippen LogP contribution in [-0.2, 0) is 27.2 Å². The maximum Gasteiger partial charge on any atom is 0.397 e. The molecule has 0 spiro atoms. The lowest BCUT2D eigenvalue weighted by molar-refractivity contribution is -0.163. The second-order valence-electron chi connectivity index (χ2n) is 7.68. The third-order valence-corrected chi connectivity index (χ3v) is 6.17. The summed E-state index contributed by atoms with van der Waals surface area (Å²) in [5.74, 6) is 1.28. The molecule has 0 saturated heterocycles. The van der Waals surface area contributed by atoms with Crippen LogP contribution in [0.15, 0.2) is 24.3 Å². The summed E-state index contributed by atoms with van der Waals surface area (Å²) in [6.07, 6.45) is 1.11. The molecule has 8 nitrogen and oxygen atoms in total. The number of nitrogens with zero attached hydrogens (tertiary/aromatic N) is 1. The number of rotatable bonds is 1. The van der Waals surface area contributed by atoms with Crippen LogP contribution in [0.5, 0.6) is 23.0 Å². The molecule has 6 rings (SSSR count). The van der Waals surface area contributed by atoms with Crippen molar-refractivity contribution in [2.45, 2.75) is 31.8 Å². The molecule has 4 aliphatic rings.